The molecule has 2 fully saturated rings. The van der Waals surface area contributed by atoms with Gasteiger partial charge in [-0.2, -0.15) is 10.1 Å². The Kier molecular flexibility index (Phi) is 2.15. The van der Waals surface area contributed by atoms with Crippen LogP contribution in [0.1, 0.15) is 38.5 Å². The number of cyclic esters (lactones) is 1. The number of ether oxygens (including phenoxy) is 1. The van der Waals surface area contributed by atoms with Gasteiger partial charge in [-0.05, 0) is 25.7 Å². The van der Waals surface area contributed by atoms with Gasteiger partial charge in [-0.1, -0.05) is 12.8 Å². The smallest absolute Gasteiger partial charge is 0.430 e. The second-order valence-corrected chi connectivity index (χ2v) is 4.70. The molecule has 4 heteroatoms. The van der Waals surface area contributed by atoms with Crippen molar-refractivity contribution in [2.45, 2.75) is 44.6 Å². The van der Waals surface area contributed by atoms with Crippen LogP contribution in [0.25, 0.3) is 0 Å². The van der Waals surface area contributed by atoms with Crippen molar-refractivity contribution in [3.05, 3.63) is 0 Å². The van der Waals surface area contributed by atoms with Crippen LogP contribution < -0.4 is 0 Å². The molecule has 0 aromatic heterocycles. The third-order valence-corrected chi connectivity index (χ3v) is 3.68. The van der Waals surface area contributed by atoms with Crippen molar-refractivity contribution in [2.24, 2.45) is 11.0 Å². The Morgan fingerprint density at radius 1 is 1.33 bits per heavy atom. The van der Waals surface area contributed by atoms with Gasteiger partial charge in [0.2, 0.25) is 0 Å². The van der Waals surface area contributed by atoms with E-state index < -0.39 is 0 Å². The van der Waals surface area contributed by atoms with Gasteiger partial charge in [-0.25, -0.2) is 4.79 Å². The van der Waals surface area contributed by atoms with Gasteiger partial charge in [0.1, 0.15) is 6.61 Å². The molecule has 0 radical (unpaired) electrons. The van der Waals surface area contributed by atoms with Crippen LogP contribution in [-0.4, -0.2) is 29.5 Å². The molecule has 0 bridgehead atoms. The number of fused-ring (bicyclic) bond motifs is 2. The van der Waals surface area contributed by atoms with E-state index in [0.29, 0.717) is 12.5 Å². The highest BCUT2D eigenvalue weighted by molar-refractivity contribution is 5.89. The van der Waals surface area contributed by atoms with Gasteiger partial charge >= 0.3 is 6.09 Å². The van der Waals surface area contributed by atoms with Gasteiger partial charge in [0, 0.05) is 11.6 Å². The summed E-state index contributed by atoms with van der Waals surface area (Å²) in [5.41, 5.74) is 1.24. The van der Waals surface area contributed by atoms with Gasteiger partial charge in [0.15, 0.2) is 0 Å². The average molecular weight is 208 g/mol. The lowest BCUT2D eigenvalue weighted by Gasteiger charge is -2.29. The van der Waals surface area contributed by atoms with Gasteiger partial charge in [0.25, 0.3) is 0 Å². The molecular formula is C11H16N2O2. The Bertz CT molecular complexity index is 314. The van der Waals surface area contributed by atoms with Gasteiger partial charge < -0.3 is 4.74 Å². The molecule has 1 amide bonds. The lowest BCUT2D eigenvalue weighted by atomic mass is 9.90. The molecule has 3 aliphatic rings. The van der Waals surface area contributed by atoms with Crippen molar-refractivity contribution in [2.75, 3.05) is 6.61 Å². The Morgan fingerprint density at radius 2 is 2.27 bits per heavy atom. The SMILES string of the molecule is O=C1OCC2CC3CCCCCC3=NN12. The second-order valence-electron chi connectivity index (χ2n) is 4.70. The van der Waals surface area contributed by atoms with Crippen molar-refractivity contribution in [3.8, 4) is 0 Å². The highest BCUT2D eigenvalue weighted by Gasteiger charge is 2.40. The van der Waals surface area contributed by atoms with Gasteiger partial charge in [0.05, 0.1) is 6.04 Å². The van der Waals surface area contributed by atoms with Gasteiger partial charge in [-0.15, -0.1) is 0 Å². The van der Waals surface area contributed by atoms with Crippen molar-refractivity contribution in [1.82, 2.24) is 5.01 Å². The first-order valence-electron chi connectivity index (χ1n) is 5.88. The number of rotatable bonds is 0. The van der Waals surface area contributed by atoms with Crippen LogP contribution in [0.3, 0.4) is 0 Å². The van der Waals surface area contributed by atoms with E-state index >= 15 is 0 Å². The number of hydrazone groups is 1. The lowest BCUT2D eigenvalue weighted by Crippen LogP contribution is -2.38. The van der Waals surface area contributed by atoms with Crippen LogP contribution in [0.15, 0.2) is 5.10 Å². The molecule has 2 heterocycles. The van der Waals surface area contributed by atoms with E-state index in [-0.39, 0.29) is 12.1 Å². The summed E-state index contributed by atoms with van der Waals surface area (Å²) >= 11 is 0. The highest BCUT2D eigenvalue weighted by Crippen LogP contribution is 2.32. The van der Waals surface area contributed by atoms with E-state index in [9.17, 15) is 4.79 Å². The number of carbonyl (C=O) groups is 1. The largest absolute Gasteiger partial charge is 0.446 e. The second kappa shape index (κ2) is 3.51. The fourth-order valence-corrected chi connectivity index (χ4v) is 2.84. The van der Waals surface area contributed by atoms with Crippen molar-refractivity contribution < 1.29 is 9.53 Å². The molecular weight excluding hydrogens is 192 g/mol. The molecule has 0 aromatic carbocycles. The Labute approximate surface area is 89.3 Å². The van der Waals surface area contributed by atoms with Crippen LogP contribution in [-0.2, 0) is 4.74 Å². The molecule has 1 saturated carbocycles. The number of hydrogen-bond donors (Lipinski definition) is 0. The zero-order chi connectivity index (χ0) is 10.3. The summed E-state index contributed by atoms with van der Waals surface area (Å²) in [5.74, 6) is 0.614. The molecule has 1 aliphatic carbocycles. The zero-order valence-corrected chi connectivity index (χ0v) is 8.82. The van der Waals surface area contributed by atoms with E-state index in [2.05, 4.69) is 5.10 Å². The minimum absolute atomic E-state index is 0.212. The predicted octanol–water partition coefficient (Wildman–Crippen LogP) is 2.15. The maximum Gasteiger partial charge on any atom is 0.430 e. The number of carbonyl (C=O) groups excluding carboxylic acids is 1. The monoisotopic (exact) mass is 208 g/mol. The molecule has 0 aromatic rings. The normalized spacial score (nSPS) is 35.1. The average Bonchev–Trinajstić information content (AvgIpc) is 2.49. The first kappa shape index (κ1) is 9.19. The summed E-state index contributed by atoms with van der Waals surface area (Å²) in [6.45, 7) is 0.534. The highest BCUT2D eigenvalue weighted by atomic mass is 16.6. The van der Waals surface area contributed by atoms with Crippen LogP contribution in [0, 0.1) is 5.92 Å². The third kappa shape index (κ3) is 1.52. The molecule has 2 aliphatic heterocycles. The van der Waals surface area contributed by atoms with Crippen LogP contribution in [0.5, 0.6) is 0 Å². The molecule has 15 heavy (non-hydrogen) atoms. The predicted molar refractivity (Wildman–Crippen MR) is 55.6 cm³/mol. The summed E-state index contributed by atoms with van der Waals surface area (Å²) < 4.78 is 5.02. The van der Waals surface area contributed by atoms with Gasteiger partial charge in [-0.3, -0.25) is 0 Å². The molecule has 2 atom stereocenters. The molecule has 4 nitrogen and oxygen atoms in total. The molecule has 2 unspecified atom stereocenters. The van der Waals surface area contributed by atoms with Crippen LogP contribution in [0.2, 0.25) is 0 Å². The summed E-state index contributed by atoms with van der Waals surface area (Å²) in [7, 11) is 0. The first-order chi connectivity index (χ1) is 7.34. The maximum absolute atomic E-state index is 11.4. The molecule has 0 spiro atoms. The maximum atomic E-state index is 11.4. The van der Waals surface area contributed by atoms with Crippen molar-refractivity contribution in [1.29, 1.82) is 0 Å². The summed E-state index contributed by atoms with van der Waals surface area (Å²) in [5, 5.41) is 6.05. The topological polar surface area (TPSA) is 41.9 Å². The number of nitrogens with zero attached hydrogens (tertiary/aromatic N) is 2. The lowest BCUT2D eigenvalue weighted by molar-refractivity contribution is 0.157. The first-order valence-corrected chi connectivity index (χ1v) is 5.88. The molecule has 1 saturated heterocycles. The summed E-state index contributed by atoms with van der Waals surface area (Å²) in [4.78, 5) is 11.4. The third-order valence-electron chi connectivity index (χ3n) is 3.68. The van der Waals surface area contributed by atoms with E-state index in [1.165, 1.54) is 31.4 Å². The Hall–Kier alpha value is -1.06. The minimum Gasteiger partial charge on any atom is -0.446 e. The van der Waals surface area contributed by atoms with Crippen molar-refractivity contribution in [3.63, 3.8) is 0 Å². The molecule has 82 valence electrons. The number of amides is 1. The fraction of sp³-hybridized carbons (Fsp3) is 0.818. The van der Waals surface area contributed by atoms with E-state index in [0.717, 1.165) is 12.8 Å². The minimum atomic E-state index is -0.254. The van der Waals surface area contributed by atoms with Crippen LogP contribution >= 0.6 is 0 Å². The van der Waals surface area contributed by atoms with E-state index in [1.54, 1.807) is 5.01 Å². The van der Waals surface area contributed by atoms with E-state index in [1.807, 2.05) is 0 Å². The fourth-order valence-electron chi connectivity index (χ4n) is 2.84. The molecule has 3 rings (SSSR count). The Morgan fingerprint density at radius 3 is 3.20 bits per heavy atom. The zero-order valence-electron chi connectivity index (χ0n) is 8.82. The molecule has 0 N–H and O–H groups in total. The van der Waals surface area contributed by atoms with Crippen LogP contribution in [0.4, 0.5) is 4.79 Å². The standard InChI is InChI=1S/C11H16N2O2/c14-11-13-9(7-15-11)6-8-4-2-1-3-5-10(8)12-13/h8-9H,1-7H2. The van der Waals surface area contributed by atoms with Crippen molar-refractivity contribution >= 4 is 11.8 Å². The van der Waals surface area contributed by atoms with E-state index in [4.69, 9.17) is 4.74 Å². The summed E-state index contributed by atoms with van der Waals surface area (Å²) in [6.07, 6.45) is 6.97. The summed E-state index contributed by atoms with van der Waals surface area (Å²) in [6, 6.07) is 0.212. The Balaban J connectivity index is 1.86. The quantitative estimate of drug-likeness (QED) is 0.612. The number of hydrogen-bond acceptors (Lipinski definition) is 3.